The average molecular weight is 200 g/mol. The Hall–Kier alpha value is -1.75. The Morgan fingerprint density at radius 2 is 2.20 bits per heavy atom. The molecule has 0 atom stereocenters. The van der Waals surface area contributed by atoms with Crippen LogP contribution in [0, 0.1) is 18.3 Å². The lowest BCUT2D eigenvalue weighted by Crippen LogP contribution is -2.20. The predicted octanol–water partition coefficient (Wildman–Crippen LogP) is 2.88. The first kappa shape index (κ1) is 11.3. The van der Waals surface area contributed by atoms with Gasteiger partial charge in [0.05, 0.1) is 11.3 Å². The highest BCUT2D eigenvalue weighted by Gasteiger charge is 2.06. The van der Waals surface area contributed by atoms with Crippen LogP contribution in [-0.4, -0.2) is 13.6 Å². The molecule has 1 aromatic rings. The molecule has 2 heteroatoms. The van der Waals surface area contributed by atoms with E-state index < -0.39 is 0 Å². The SMILES string of the molecule is C=C(C)CN(C)c1ccc(C)cc1C#N. The zero-order valence-corrected chi connectivity index (χ0v) is 9.54. The van der Waals surface area contributed by atoms with E-state index >= 15 is 0 Å². The highest BCUT2D eigenvalue weighted by molar-refractivity contribution is 5.60. The van der Waals surface area contributed by atoms with Gasteiger partial charge in [-0.1, -0.05) is 18.2 Å². The molecule has 0 saturated carbocycles. The second-order valence-corrected chi connectivity index (χ2v) is 3.95. The third kappa shape index (κ3) is 2.85. The van der Waals surface area contributed by atoms with Gasteiger partial charge in [-0.15, -0.1) is 0 Å². The van der Waals surface area contributed by atoms with Crippen molar-refractivity contribution >= 4 is 5.69 Å². The van der Waals surface area contributed by atoms with Gasteiger partial charge in [-0.05, 0) is 31.5 Å². The Balaban J connectivity index is 3.04. The molecule has 0 N–H and O–H groups in total. The molecule has 0 heterocycles. The molecule has 0 bridgehead atoms. The van der Waals surface area contributed by atoms with E-state index in [-0.39, 0.29) is 0 Å². The first-order valence-electron chi connectivity index (χ1n) is 4.91. The number of nitrogens with zero attached hydrogens (tertiary/aromatic N) is 2. The maximum atomic E-state index is 9.03. The first-order valence-corrected chi connectivity index (χ1v) is 4.91. The number of nitriles is 1. The second kappa shape index (κ2) is 4.65. The van der Waals surface area contributed by atoms with Crippen LogP contribution in [-0.2, 0) is 0 Å². The van der Waals surface area contributed by atoms with Crippen LogP contribution in [0.3, 0.4) is 0 Å². The monoisotopic (exact) mass is 200 g/mol. The van der Waals surface area contributed by atoms with Crippen molar-refractivity contribution in [1.82, 2.24) is 0 Å². The first-order chi connectivity index (χ1) is 7.04. The smallest absolute Gasteiger partial charge is 0.101 e. The van der Waals surface area contributed by atoms with Gasteiger partial charge in [0.25, 0.3) is 0 Å². The fourth-order valence-corrected chi connectivity index (χ4v) is 1.56. The van der Waals surface area contributed by atoms with E-state index in [1.807, 2.05) is 44.0 Å². The molecule has 1 rings (SSSR count). The van der Waals surface area contributed by atoms with Crippen molar-refractivity contribution in [1.29, 1.82) is 5.26 Å². The van der Waals surface area contributed by atoms with Gasteiger partial charge in [0.1, 0.15) is 6.07 Å². The van der Waals surface area contributed by atoms with Crippen LogP contribution in [0.4, 0.5) is 5.69 Å². The van der Waals surface area contributed by atoms with Crippen molar-refractivity contribution in [2.24, 2.45) is 0 Å². The summed E-state index contributed by atoms with van der Waals surface area (Å²) in [5.41, 5.74) is 3.88. The van der Waals surface area contributed by atoms with E-state index in [9.17, 15) is 0 Å². The third-order valence-electron chi connectivity index (χ3n) is 2.19. The van der Waals surface area contributed by atoms with Crippen molar-refractivity contribution in [3.63, 3.8) is 0 Å². The molecule has 15 heavy (non-hydrogen) atoms. The maximum absolute atomic E-state index is 9.03. The predicted molar refractivity (Wildman–Crippen MR) is 64.0 cm³/mol. The summed E-state index contributed by atoms with van der Waals surface area (Å²) in [5.74, 6) is 0. The number of hydrogen-bond acceptors (Lipinski definition) is 2. The summed E-state index contributed by atoms with van der Waals surface area (Å²) in [7, 11) is 1.97. The molecule has 0 radical (unpaired) electrons. The van der Waals surface area contributed by atoms with Gasteiger partial charge in [-0.3, -0.25) is 0 Å². The standard InChI is InChI=1S/C13H16N2/c1-10(2)9-15(4)13-6-5-11(3)7-12(13)8-14/h5-7H,1,9H2,2-4H3. The molecule has 0 aliphatic heterocycles. The summed E-state index contributed by atoms with van der Waals surface area (Å²) in [5, 5.41) is 9.03. The summed E-state index contributed by atoms with van der Waals surface area (Å²) in [6.07, 6.45) is 0. The van der Waals surface area contributed by atoms with Crippen LogP contribution >= 0.6 is 0 Å². The highest BCUT2D eigenvalue weighted by atomic mass is 15.1. The summed E-state index contributed by atoms with van der Waals surface area (Å²) in [4.78, 5) is 2.04. The third-order valence-corrected chi connectivity index (χ3v) is 2.19. The van der Waals surface area contributed by atoms with Crippen LogP contribution in [0.15, 0.2) is 30.4 Å². The minimum atomic E-state index is 0.721. The number of likely N-dealkylation sites (N-methyl/N-ethyl adjacent to an activating group) is 1. The fraction of sp³-hybridized carbons (Fsp3) is 0.308. The molecule has 2 nitrogen and oxygen atoms in total. The minimum absolute atomic E-state index is 0.721. The molecule has 0 aliphatic carbocycles. The molecule has 0 aliphatic rings. The molecule has 0 amide bonds. The van der Waals surface area contributed by atoms with Gasteiger partial charge in [-0.25, -0.2) is 0 Å². The maximum Gasteiger partial charge on any atom is 0.101 e. The van der Waals surface area contributed by atoms with Gasteiger partial charge in [-0.2, -0.15) is 5.26 Å². The van der Waals surface area contributed by atoms with Crippen molar-refractivity contribution in [2.45, 2.75) is 13.8 Å². The minimum Gasteiger partial charge on any atom is -0.370 e. The number of hydrogen-bond donors (Lipinski definition) is 0. The Kier molecular flexibility index (Phi) is 3.51. The van der Waals surface area contributed by atoms with Crippen LogP contribution in [0.25, 0.3) is 0 Å². The molecular weight excluding hydrogens is 184 g/mol. The van der Waals surface area contributed by atoms with Crippen LogP contribution < -0.4 is 4.90 Å². The van der Waals surface area contributed by atoms with Crippen LogP contribution in [0.5, 0.6) is 0 Å². The zero-order valence-electron chi connectivity index (χ0n) is 9.54. The molecule has 1 aromatic carbocycles. The Labute approximate surface area is 91.4 Å². The van der Waals surface area contributed by atoms with E-state index in [1.54, 1.807) is 0 Å². The van der Waals surface area contributed by atoms with E-state index in [1.165, 1.54) is 0 Å². The number of anilines is 1. The van der Waals surface area contributed by atoms with Gasteiger partial charge in [0.2, 0.25) is 0 Å². The Morgan fingerprint density at radius 1 is 1.53 bits per heavy atom. The van der Waals surface area contributed by atoms with E-state index in [0.717, 1.165) is 28.9 Å². The number of rotatable bonds is 3. The summed E-state index contributed by atoms with van der Waals surface area (Å²) in [6, 6.07) is 8.13. The Bertz CT molecular complexity index is 413. The topological polar surface area (TPSA) is 27.0 Å². The van der Waals surface area contributed by atoms with Crippen molar-refractivity contribution in [3.05, 3.63) is 41.5 Å². The van der Waals surface area contributed by atoms with E-state index in [2.05, 4.69) is 12.6 Å². The van der Waals surface area contributed by atoms with Crippen LogP contribution in [0.2, 0.25) is 0 Å². The number of benzene rings is 1. The average Bonchev–Trinajstić information content (AvgIpc) is 2.16. The molecule has 0 unspecified atom stereocenters. The molecule has 0 saturated heterocycles. The van der Waals surface area contributed by atoms with Gasteiger partial charge in [0, 0.05) is 13.6 Å². The van der Waals surface area contributed by atoms with E-state index in [4.69, 9.17) is 5.26 Å². The lowest BCUT2D eigenvalue weighted by atomic mass is 10.1. The van der Waals surface area contributed by atoms with Crippen molar-refractivity contribution in [2.75, 3.05) is 18.5 Å². The fourth-order valence-electron chi connectivity index (χ4n) is 1.56. The van der Waals surface area contributed by atoms with Crippen molar-refractivity contribution in [3.8, 4) is 6.07 Å². The quantitative estimate of drug-likeness (QED) is 0.701. The molecule has 78 valence electrons. The van der Waals surface area contributed by atoms with Gasteiger partial charge < -0.3 is 4.90 Å². The van der Waals surface area contributed by atoms with E-state index in [0.29, 0.717) is 0 Å². The zero-order chi connectivity index (χ0) is 11.4. The molecular formula is C13H16N2. The lowest BCUT2D eigenvalue weighted by Gasteiger charge is -2.20. The summed E-state index contributed by atoms with van der Waals surface area (Å²) in [6.45, 7) is 8.62. The lowest BCUT2D eigenvalue weighted by molar-refractivity contribution is 0.982. The Morgan fingerprint density at radius 3 is 2.73 bits per heavy atom. The summed E-state index contributed by atoms with van der Waals surface area (Å²) >= 11 is 0. The van der Waals surface area contributed by atoms with Crippen LogP contribution in [0.1, 0.15) is 18.1 Å². The second-order valence-electron chi connectivity index (χ2n) is 3.95. The summed E-state index contributed by atoms with van der Waals surface area (Å²) < 4.78 is 0. The van der Waals surface area contributed by atoms with Gasteiger partial charge in [0.15, 0.2) is 0 Å². The highest BCUT2D eigenvalue weighted by Crippen LogP contribution is 2.20. The largest absolute Gasteiger partial charge is 0.370 e. The molecule has 0 fully saturated rings. The van der Waals surface area contributed by atoms with Gasteiger partial charge >= 0.3 is 0 Å². The number of aryl methyl sites for hydroxylation is 1. The normalized spacial score (nSPS) is 9.47. The molecule has 0 spiro atoms. The molecule has 0 aromatic heterocycles. The van der Waals surface area contributed by atoms with Crippen molar-refractivity contribution < 1.29 is 0 Å².